The van der Waals surface area contributed by atoms with Gasteiger partial charge < -0.3 is 10.2 Å². The lowest BCUT2D eigenvalue weighted by atomic mass is 9.99. The van der Waals surface area contributed by atoms with Gasteiger partial charge in [-0.2, -0.15) is 0 Å². The van der Waals surface area contributed by atoms with Gasteiger partial charge in [0, 0.05) is 6.54 Å². The topological polar surface area (TPSA) is 61.4 Å². The average Bonchev–Trinajstić information content (AvgIpc) is 2.20. The molecule has 0 atom stereocenters. The maximum absolute atomic E-state index is 11.7. The molecule has 6 heteroatoms. The van der Waals surface area contributed by atoms with E-state index in [9.17, 15) is 9.59 Å². The minimum absolute atomic E-state index is 0.114. The van der Waals surface area contributed by atoms with Gasteiger partial charge in [-0.1, -0.05) is 13.8 Å². The van der Waals surface area contributed by atoms with Gasteiger partial charge in [-0.3, -0.25) is 14.9 Å². The van der Waals surface area contributed by atoms with Crippen LogP contribution in [0.25, 0.3) is 0 Å². The second-order valence-electron chi connectivity index (χ2n) is 5.10. The SMILES string of the molecule is CC(C)CNC(=S)N1CC(=O)NC(=O)C1(C)C. The van der Waals surface area contributed by atoms with Crippen molar-refractivity contribution < 1.29 is 9.59 Å². The second kappa shape index (κ2) is 5.00. The highest BCUT2D eigenvalue weighted by Crippen LogP contribution is 2.18. The van der Waals surface area contributed by atoms with E-state index in [2.05, 4.69) is 24.5 Å². The molecule has 5 nitrogen and oxygen atoms in total. The molecular weight excluding hydrogens is 238 g/mol. The molecule has 1 heterocycles. The fourth-order valence-electron chi connectivity index (χ4n) is 1.50. The summed E-state index contributed by atoms with van der Waals surface area (Å²) in [4.78, 5) is 24.7. The quantitative estimate of drug-likeness (QED) is 0.549. The van der Waals surface area contributed by atoms with E-state index in [0.29, 0.717) is 11.0 Å². The maximum Gasteiger partial charge on any atom is 0.251 e. The van der Waals surface area contributed by atoms with Gasteiger partial charge in [-0.25, -0.2) is 0 Å². The first kappa shape index (κ1) is 13.9. The number of nitrogens with one attached hydrogen (secondary N) is 2. The van der Waals surface area contributed by atoms with Gasteiger partial charge in [0.25, 0.3) is 5.91 Å². The van der Waals surface area contributed by atoms with Crippen molar-refractivity contribution in [1.82, 2.24) is 15.5 Å². The van der Waals surface area contributed by atoms with Crippen LogP contribution in [0.5, 0.6) is 0 Å². The van der Waals surface area contributed by atoms with Crippen molar-refractivity contribution in [2.24, 2.45) is 5.92 Å². The smallest absolute Gasteiger partial charge is 0.251 e. The highest BCUT2D eigenvalue weighted by atomic mass is 32.1. The minimum atomic E-state index is -0.797. The van der Waals surface area contributed by atoms with Crippen molar-refractivity contribution in [2.45, 2.75) is 33.2 Å². The predicted molar refractivity (Wildman–Crippen MR) is 69.4 cm³/mol. The van der Waals surface area contributed by atoms with Gasteiger partial charge in [0.1, 0.15) is 12.1 Å². The van der Waals surface area contributed by atoms with Gasteiger partial charge >= 0.3 is 0 Å². The average molecular weight is 257 g/mol. The third-order valence-electron chi connectivity index (χ3n) is 2.69. The van der Waals surface area contributed by atoms with Crippen LogP contribution in [0.15, 0.2) is 0 Å². The minimum Gasteiger partial charge on any atom is -0.362 e. The lowest BCUT2D eigenvalue weighted by molar-refractivity contribution is -0.141. The molecule has 0 bridgehead atoms. The van der Waals surface area contributed by atoms with E-state index in [-0.39, 0.29) is 18.4 Å². The van der Waals surface area contributed by atoms with Crippen LogP contribution in [0.3, 0.4) is 0 Å². The van der Waals surface area contributed by atoms with E-state index >= 15 is 0 Å². The Morgan fingerprint density at radius 1 is 1.53 bits per heavy atom. The Morgan fingerprint density at radius 2 is 2.12 bits per heavy atom. The molecule has 96 valence electrons. The van der Waals surface area contributed by atoms with Crippen LogP contribution in [-0.2, 0) is 9.59 Å². The van der Waals surface area contributed by atoms with Gasteiger partial charge in [0.2, 0.25) is 5.91 Å². The van der Waals surface area contributed by atoms with Gasteiger partial charge in [0.05, 0.1) is 0 Å². The van der Waals surface area contributed by atoms with E-state index in [0.717, 1.165) is 6.54 Å². The van der Waals surface area contributed by atoms with Crippen molar-refractivity contribution in [1.29, 1.82) is 0 Å². The highest BCUT2D eigenvalue weighted by molar-refractivity contribution is 7.80. The van der Waals surface area contributed by atoms with Gasteiger partial charge in [-0.15, -0.1) is 0 Å². The first-order valence-corrected chi connectivity index (χ1v) is 6.05. The molecule has 1 aliphatic rings. The summed E-state index contributed by atoms with van der Waals surface area (Å²) < 4.78 is 0. The second-order valence-corrected chi connectivity index (χ2v) is 5.49. The molecule has 0 aromatic carbocycles. The Bertz CT molecular complexity index is 353. The van der Waals surface area contributed by atoms with Crippen molar-refractivity contribution in [3.05, 3.63) is 0 Å². The number of nitrogens with zero attached hydrogens (tertiary/aromatic N) is 1. The van der Waals surface area contributed by atoms with E-state index in [4.69, 9.17) is 12.2 Å². The number of hydrogen-bond donors (Lipinski definition) is 2. The fourth-order valence-corrected chi connectivity index (χ4v) is 1.87. The van der Waals surface area contributed by atoms with E-state index in [1.165, 1.54) is 0 Å². The molecule has 0 radical (unpaired) electrons. The van der Waals surface area contributed by atoms with E-state index in [1.807, 2.05) is 0 Å². The van der Waals surface area contributed by atoms with Gasteiger partial charge in [0.15, 0.2) is 5.11 Å². The van der Waals surface area contributed by atoms with Gasteiger partial charge in [-0.05, 0) is 32.0 Å². The number of piperazine rings is 1. The molecular formula is C11H19N3O2S. The number of amides is 2. The Kier molecular flexibility index (Phi) is 4.08. The Morgan fingerprint density at radius 3 is 2.65 bits per heavy atom. The first-order chi connectivity index (χ1) is 7.75. The molecule has 0 saturated carbocycles. The molecule has 0 spiro atoms. The maximum atomic E-state index is 11.7. The van der Waals surface area contributed by atoms with Crippen molar-refractivity contribution in [3.63, 3.8) is 0 Å². The largest absolute Gasteiger partial charge is 0.362 e. The van der Waals surface area contributed by atoms with Crippen LogP contribution in [0, 0.1) is 5.92 Å². The third-order valence-corrected chi connectivity index (χ3v) is 3.06. The van der Waals surface area contributed by atoms with Crippen molar-refractivity contribution >= 4 is 29.1 Å². The fraction of sp³-hybridized carbons (Fsp3) is 0.727. The molecule has 2 N–H and O–H groups in total. The Hall–Kier alpha value is -1.17. The molecule has 0 aromatic heterocycles. The molecule has 1 fully saturated rings. The molecule has 1 saturated heterocycles. The third kappa shape index (κ3) is 3.15. The summed E-state index contributed by atoms with van der Waals surface area (Å²) in [6.45, 7) is 8.46. The highest BCUT2D eigenvalue weighted by Gasteiger charge is 2.42. The summed E-state index contributed by atoms with van der Waals surface area (Å²) in [6.07, 6.45) is 0. The lowest BCUT2D eigenvalue weighted by Crippen LogP contribution is -2.67. The van der Waals surface area contributed by atoms with Crippen LogP contribution in [0.4, 0.5) is 0 Å². The molecule has 0 unspecified atom stereocenters. The Balaban J connectivity index is 2.76. The molecule has 2 amide bonds. The van der Waals surface area contributed by atoms with Crippen molar-refractivity contribution in [2.75, 3.05) is 13.1 Å². The summed E-state index contributed by atoms with van der Waals surface area (Å²) >= 11 is 5.23. The van der Waals surface area contributed by atoms with Crippen LogP contribution < -0.4 is 10.6 Å². The zero-order chi connectivity index (χ0) is 13.2. The molecule has 0 aliphatic carbocycles. The van der Waals surface area contributed by atoms with Crippen LogP contribution in [0.2, 0.25) is 0 Å². The summed E-state index contributed by atoms with van der Waals surface area (Å²) in [5.41, 5.74) is -0.797. The molecule has 1 rings (SSSR count). The standard InChI is InChI=1S/C11H19N3O2S/c1-7(2)5-12-10(17)14-6-8(15)13-9(16)11(14,3)4/h7H,5-6H2,1-4H3,(H,12,17)(H,13,15,16). The summed E-state index contributed by atoms with van der Waals surface area (Å²) in [5, 5.41) is 5.84. The van der Waals surface area contributed by atoms with Crippen LogP contribution >= 0.6 is 12.2 Å². The normalized spacial score (nSPS) is 19.2. The number of thiocarbonyl (C=S) groups is 1. The molecule has 0 aromatic rings. The first-order valence-electron chi connectivity index (χ1n) is 5.65. The number of hydrogen-bond acceptors (Lipinski definition) is 3. The molecule has 1 aliphatic heterocycles. The predicted octanol–water partition coefficient (Wildman–Crippen LogP) is 0.254. The summed E-state index contributed by atoms with van der Waals surface area (Å²) in [6, 6.07) is 0. The zero-order valence-corrected chi connectivity index (χ0v) is 11.5. The van der Waals surface area contributed by atoms with Crippen LogP contribution in [0.1, 0.15) is 27.7 Å². The summed E-state index contributed by atoms with van der Waals surface area (Å²) in [5.74, 6) is -0.184. The monoisotopic (exact) mass is 257 g/mol. The number of carbonyl (C=O) groups excluding carboxylic acids is 2. The van der Waals surface area contributed by atoms with E-state index < -0.39 is 5.54 Å². The Labute approximate surface area is 107 Å². The zero-order valence-electron chi connectivity index (χ0n) is 10.7. The number of imide groups is 1. The molecule has 17 heavy (non-hydrogen) atoms. The lowest BCUT2D eigenvalue weighted by Gasteiger charge is -2.41. The van der Waals surface area contributed by atoms with Crippen LogP contribution in [-0.4, -0.2) is 40.5 Å². The number of carbonyl (C=O) groups is 2. The van der Waals surface area contributed by atoms with Crippen molar-refractivity contribution in [3.8, 4) is 0 Å². The summed E-state index contributed by atoms with van der Waals surface area (Å²) in [7, 11) is 0. The number of rotatable bonds is 2. The van der Waals surface area contributed by atoms with E-state index in [1.54, 1.807) is 18.7 Å².